The van der Waals surface area contributed by atoms with Crippen LogP contribution < -0.4 is 15.8 Å². The first kappa shape index (κ1) is 12.9. The van der Waals surface area contributed by atoms with Crippen LogP contribution in [0.4, 0.5) is 17.5 Å². The van der Waals surface area contributed by atoms with Crippen molar-refractivity contribution < 1.29 is 4.74 Å². The summed E-state index contributed by atoms with van der Waals surface area (Å²) in [4.78, 5) is 7.89. The van der Waals surface area contributed by atoms with Crippen molar-refractivity contribution in [2.75, 3.05) is 18.2 Å². The van der Waals surface area contributed by atoms with Crippen LogP contribution in [0, 0.1) is 11.3 Å². The molecule has 3 N–H and O–H groups in total. The van der Waals surface area contributed by atoms with Crippen molar-refractivity contribution in [3.63, 3.8) is 0 Å². The van der Waals surface area contributed by atoms with Crippen molar-refractivity contribution in [1.29, 1.82) is 5.26 Å². The number of rotatable bonds is 3. The van der Waals surface area contributed by atoms with Crippen LogP contribution in [-0.4, -0.2) is 17.1 Å². The largest absolute Gasteiger partial charge is 0.481 e. The van der Waals surface area contributed by atoms with Crippen LogP contribution in [-0.2, 0) is 0 Å². The fourth-order valence-electron chi connectivity index (χ4n) is 1.44. The van der Waals surface area contributed by atoms with Crippen LogP contribution >= 0.6 is 11.6 Å². The molecule has 0 amide bonds. The number of halogens is 1. The van der Waals surface area contributed by atoms with Crippen LogP contribution in [0.5, 0.6) is 5.88 Å². The Balaban J connectivity index is 2.28. The third-order valence-corrected chi connectivity index (χ3v) is 2.60. The zero-order valence-corrected chi connectivity index (χ0v) is 10.8. The van der Waals surface area contributed by atoms with Crippen LogP contribution in [0.2, 0.25) is 5.02 Å². The van der Waals surface area contributed by atoms with E-state index >= 15 is 0 Å². The number of methoxy groups -OCH3 is 1. The van der Waals surface area contributed by atoms with Crippen LogP contribution in [0.1, 0.15) is 5.56 Å². The Hall–Kier alpha value is -2.52. The Morgan fingerprint density at radius 1 is 1.37 bits per heavy atom. The van der Waals surface area contributed by atoms with Crippen molar-refractivity contribution in [3.8, 4) is 11.9 Å². The number of nitriles is 1. The molecule has 1 heterocycles. The Kier molecular flexibility index (Phi) is 3.68. The Morgan fingerprint density at radius 2 is 2.16 bits per heavy atom. The highest BCUT2D eigenvalue weighted by atomic mass is 35.5. The number of hydrogen-bond donors (Lipinski definition) is 2. The van der Waals surface area contributed by atoms with Gasteiger partial charge in [0.25, 0.3) is 0 Å². The van der Waals surface area contributed by atoms with E-state index in [2.05, 4.69) is 15.3 Å². The number of ether oxygens (including phenoxy) is 1. The minimum atomic E-state index is 0.0987. The zero-order chi connectivity index (χ0) is 13.8. The molecular formula is C12H10ClN5O. The molecule has 0 unspecified atom stereocenters. The monoisotopic (exact) mass is 275 g/mol. The smallest absolute Gasteiger partial charge is 0.225 e. The lowest BCUT2D eigenvalue weighted by Crippen LogP contribution is -2.01. The molecule has 2 rings (SSSR count). The highest BCUT2D eigenvalue weighted by Gasteiger charge is 2.05. The first-order valence-electron chi connectivity index (χ1n) is 5.27. The molecule has 2 aromatic rings. The highest BCUT2D eigenvalue weighted by Crippen LogP contribution is 2.24. The Morgan fingerprint density at radius 3 is 2.79 bits per heavy atom. The van der Waals surface area contributed by atoms with Gasteiger partial charge in [-0.2, -0.15) is 15.2 Å². The predicted octanol–water partition coefficient (Wildman–Crippen LogP) is 2.34. The molecule has 96 valence electrons. The second-order valence-corrected chi connectivity index (χ2v) is 3.99. The van der Waals surface area contributed by atoms with Crippen molar-refractivity contribution in [2.45, 2.75) is 0 Å². The highest BCUT2D eigenvalue weighted by molar-refractivity contribution is 6.32. The number of nitrogens with zero attached hydrogens (tertiary/aromatic N) is 3. The molecular weight excluding hydrogens is 266 g/mol. The van der Waals surface area contributed by atoms with Crippen LogP contribution in [0.3, 0.4) is 0 Å². The van der Waals surface area contributed by atoms with Gasteiger partial charge in [0.05, 0.1) is 17.7 Å². The van der Waals surface area contributed by atoms with E-state index in [1.54, 1.807) is 24.3 Å². The number of aromatic nitrogens is 2. The van der Waals surface area contributed by atoms with Crippen molar-refractivity contribution in [2.24, 2.45) is 0 Å². The van der Waals surface area contributed by atoms with Gasteiger partial charge in [0.1, 0.15) is 11.9 Å². The second kappa shape index (κ2) is 5.42. The molecule has 0 spiro atoms. The minimum Gasteiger partial charge on any atom is -0.481 e. The first-order valence-corrected chi connectivity index (χ1v) is 5.65. The Bertz CT molecular complexity index is 653. The van der Waals surface area contributed by atoms with E-state index in [9.17, 15) is 0 Å². The standard InChI is InChI=1S/C12H10ClN5O/c1-19-11-5-10(17-12(15)18-11)16-8-3-2-7(6-14)9(13)4-8/h2-5H,1H3,(H3,15,16,17,18). The summed E-state index contributed by atoms with van der Waals surface area (Å²) in [6.45, 7) is 0. The summed E-state index contributed by atoms with van der Waals surface area (Å²) in [7, 11) is 1.49. The van der Waals surface area contributed by atoms with Gasteiger partial charge in [-0.25, -0.2) is 0 Å². The van der Waals surface area contributed by atoms with Crippen molar-refractivity contribution >= 4 is 29.1 Å². The number of nitrogens with one attached hydrogen (secondary N) is 1. The predicted molar refractivity (Wildman–Crippen MR) is 72.4 cm³/mol. The molecule has 0 aliphatic carbocycles. The van der Waals surface area contributed by atoms with E-state index in [0.29, 0.717) is 28.0 Å². The molecule has 6 nitrogen and oxygen atoms in total. The number of nitrogens with two attached hydrogens (primary N) is 1. The summed E-state index contributed by atoms with van der Waals surface area (Å²) in [5, 5.41) is 12.2. The van der Waals surface area contributed by atoms with E-state index in [1.807, 2.05) is 6.07 Å². The van der Waals surface area contributed by atoms with Gasteiger partial charge in [-0.3, -0.25) is 0 Å². The molecule has 0 atom stereocenters. The maximum Gasteiger partial charge on any atom is 0.225 e. The van der Waals surface area contributed by atoms with Crippen LogP contribution in [0.15, 0.2) is 24.3 Å². The lowest BCUT2D eigenvalue weighted by Gasteiger charge is -2.08. The van der Waals surface area contributed by atoms with Gasteiger partial charge in [0.15, 0.2) is 0 Å². The summed E-state index contributed by atoms with van der Waals surface area (Å²) in [6.07, 6.45) is 0. The zero-order valence-electron chi connectivity index (χ0n) is 10.0. The summed E-state index contributed by atoms with van der Waals surface area (Å²) >= 11 is 5.94. The average Bonchev–Trinajstić information content (AvgIpc) is 2.38. The quantitative estimate of drug-likeness (QED) is 0.892. The lowest BCUT2D eigenvalue weighted by atomic mass is 10.2. The second-order valence-electron chi connectivity index (χ2n) is 3.59. The van der Waals surface area contributed by atoms with Gasteiger partial charge in [-0.05, 0) is 18.2 Å². The van der Waals surface area contributed by atoms with Gasteiger partial charge in [0, 0.05) is 11.8 Å². The van der Waals surface area contributed by atoms with Gasteiger partial charge < -0.3 is 15.8 Å². The summed E-state index contributed by atoms with van der Waals surface area (Å²) in [6, 6.07) is 8.55. The molecule has 0 saturated heterocycles. The number of hydrogen-bond acceptors (Lipinski definition) is 6. The lowest BCUT2D eigenvalue weighted by molar-refractivity contribution is 0.398. The summed E-state index contributed by atoms with van der Waals surface area (Å²) < 4.78 is 4.99. The fourth-order valence-corrected chi connectivity index (χ4v) is 1.67. The average molecular weight is 276 g/mol. The van der Waals surface area contributed by atoms with Crippen LogP contribution in [0.25, 0.3) is 0 Å². The van der Waals surface area contributed by atoms with E-state index in [0.717, 1.165) is 0 Å². The molecule has 0 aliphatic heterocycles. The number of anilines is 3. The summed E-state index contributed by atoms with van der Waals surface area (Å²) in [5.41, 5.74) is 6.65. The van der Waals surface area contributed by atoms with Gasteiger partial charge in [-0.15, -0.1) is 0 Å². The summed E-state index contributed by atoms with van der Waals surface area (Å²) in [5.74, 6) is 0.932. The molecule has 0 radical (unpaired) electrons. The Labute approximate surface area is 114 Å². The van der Waals surface area contributed by atoms with E-state index in [1.165, 1.54) is 7.11 Å². The first-order chi connectivity index (χ1) is 9.12. The molecule has 0 fully saturated rings. The normalized spacial score (nSPS) is 9.74. The van der Waals surface area contributed by atoms with Gasteiger partial charge in [0.2, 0.25) is 11.8 Å². The maximum atomic E-state index is 8.80. The molecule has 0 bridgehead atoms. The minimum absolute atomic E-state index is 0.0987. The number of nitrogen functional groups attached to an aromatic ring is 1. The molecule has 7 heteroatoms. The third-order valence-electron chi connectivity index (χ3n) is 2.29. The van der Waals surface area contributed by atoms with Gasteiger partial charge in [-0.1, -0.05) is 11.6 Å². The molecule has 0 saturated carbocycles. The SMILES string of the molecule is COc1cc(Nc2ccc(C#N)c(Cl)c2)nc(N)n1. The third kappa shape index (κ3) is 3.03. The van der Waals surface area contributed by atoms with E-state index in [-0.39, 0.29) is 5.95 Å². The maximum absolute atomic E-state index is 8.80. The topological polar surface area (TPSA) is 96.8 Å². The van der Waals surface area contributed by atoms with Crippen molar-refractivity contribution in [3.05, 3.63) is 34.9 Å². The number of benzene rings is 1. The fraction of sp³-hybridized carbons (Fsp3) is 0.0833. The van der Waals surface area contributed by atoms with Gasteiger partial charge >= 0.3 is 0 Å². The van der Waals surface area contributed by atoms with E-state index in [4.69, 9.17) is 27.3 Å². The molecule has 1 aromatic heterocycles. The van der Waals surface area contributed by atoms with E-state index < -0.39 is 0 Å². The van der Waals surface area contributed by atoms with Crippen molar-refractivity contribution in [1.82, 2.24) is 9.97 Å². The molecule has 1 aromatic carbocycles. The molecule has 0 aliphatic rings. The molecule has 19 heavy (non-hydrogen) atoms.